The Balaban J connectivity index is 2.11. The average molecular weight is 322 g/mol. The van der Waals surface area contributed by atoms with Crippen molar-refractivity contribution in [2.24, 2.45) is 0 Å². The lowest BCUT2D eigenvalue weighted by molar-refractivity contribution is -0.126. The van der Waals surface area contributed by atoms with Crippen LogP contribution >= 0.6 is 0 Å². The van der Waals surface area contributed by atoms with Crippen LogP contribution in [0.15, 0.2) is 18.2 Å². The van der Waals surface area contributed by atoms with E-state index in [1.54, 1.807) is 4.90 Å². The maximum Gasteiger partial charge on any atom is 0.247 e. The van der Waals surface area contributed by atoms with E-state index in [0.717, 1.165) is 16.8 Å². The number of benzene rings is 1. The van der Waals surface area contributed by atoms with Gasteiger partial charge in [-0.2, -0.15) is 0 Å². The molecule has 0 bridgehead atoms. The first kappa shape index (κ1) is 15.5. The third-order valence-corrected chi connectivity index (χ3v) is 6.15. The number of hydrogen-bond donors (Lipinski definition) is 1. The van der Waals surface area contributed by atoms with Gasteiger partial charge in [-0.05, 0) is 51.0 Å². The molecule has 0 aromatic heterocycles. The standard InChI is InChI=1S/C16H22N2O3S/c1-10-5-11(2)7-12(6-10)18-14-9-22(20,21)8-13(14)17-16(3,4)15(18)19/h5-7,13-14,17H,8-9H2,1-4H3/t13-,14+/m1/s1. The van der Waals surface area contributed by atoms with Crippen LogP contribution in [0.25, 0.3) is 0 Å². The molecular formula is C16H22N2O3S. The van der Waals surface area contributed by atoms with Crippen LogP contribution in [-0.2, 0) is 14.6 Å². The van der Waals surface area contributed by atoms with E-state index in [9.17, 15) is 13.2 Å². The van der Waals surface area contributed by atoms with Crippen LogP contribution in [0.4, 0.5) is 5.69 Å². The van der Waals surface area contributed by atoms with Crippen LogP contribution < -0.4 is 10.2 Å². The molecule has 2 fully saturated rings. The molecule has 2 heterocycles. The number of rotatable bonds is 1. The lowest BCUT2D eigenvalue weighted by Crippen LogP contribution is -2.70. The SMILES string of the molecule is Cc1cc(C)cc(N2C(=O)C(C)(C)N[C@@H]3CS(=O)(=O)C[C@@H]32)c1. The number of nitrogens with zero attached hydrogens (tertiary/aromatic N) is 1. The molecule has 0 saturated carbocycles. The normalized spacial score (nSPS) is 29.5. The fraction of sp³-hybridized carbons (Fsp3) is 0.562. The monoisotopic (exact) mass is 322 g/mol. The van der Waals surface area contributed by atoms with E-state index in [2.05, 4.69) is 5.32 Å². The minimum Gasteiger partial charge on any atom is -0.305 e. The van der Waals surface area contributed by atoms with Gasteiger partial charge in [-0.3, -0.25) is 10.1 Å². The van der Waals surface area contributed by atoms with Gasteiger partial charge in [0, 0.05) is 11.7 Å². The van der Waals surface area contributed by atoms with Crippen LogP contribution in [0.1, 0.15) is 25.0 Å². The van der Waals surface area contributed by atoms with Gasteiger partial charge < -0.3 is 4.90 Å². The molecule has 0 unspecified atom stereocenters. The van der Waals surface area contributed by atoms with E-state index in [1.807, 2.05) is 45.9 Å². The summed E-state index contributed by atoms with van der Waals surface area (Å²) < 4.78 is 24.1. The predicted molar refractivity (Wildman–Crippen MR) is 86.8 cm³/mol. The van der Waals surface area contributed by atoms with Gasteiger partial charge in [-0.1, -0.05) is 6.07 Å². The summed E-state index contributed by atoms with van der Waals surface area (Å²) in [4.78, 5) is 14.6. The quantitative estimate of drug-likeness (QED) is 0.843. The number of carbonyl (C=O) groups excluding carboxylic acids is 1. The summed E-state index contributed by atoms with van der Waals surface area (Å²) >= 11 is 0. The number of sulfone groups is 1. The number of anilines is 1. The molecule has 0 aliphatic carbocycles. The molecule has 2 aliphatic rings. The fourth-order valence-corrected chi connectivity index (χ4v) is 5.49. The first-order valence-corrected chi connectivity index (χ1v) is 9.31. The van der Waals surface area contributed by atoms with Gasteiger partial charge in [0.1, 0.15) is 0 Å². The van der Waals surface area contributed by atoms with Gasteiger partial charge in [0.15, 0.2) is 9.84 Å². The minimum atomic E-state index is -3.12. The number of fused-ring (bicyclic) bond motifs is 1. The molecular weight excluding hydrogens is 300 g/mol. The molecule has 6 heteroatoms. The van der Waals surface area contributed by atoms with E-state index < -0.39 is 15.4 Å². The Morgan fingerprint density at radius 3 is 2.32 bits per heavy atom. The molecule has 0 radical (unpaired) electrons. The lowest BCUT2D eigenvalue weighted by atomic mass is 9.92. The zero-order valence-corrected chi connectivity index (χ0v) is 14.2. The molecule has 3 rings (SSSR count). The smallest absolute Gasteiger partial charge is 0.247 e. The van der Waals surface area contributed by atoms with Gasteiger partial charge in [0.05, 0.1) is 23.1 Å². The summed E-state index contributed by atoms with van der Waals surface area (Å²) in [6.45, 7) is 7.59. The van der Waals surface area contributed by atoms with Crippen LogP contribution in [0.2, 0.25) is 0 Å². The highest BCUT2D eigenvalue weighted by Crippen LogP contribution is 2.33. The summed E-state index contributed by atoms with van der Waals surface area (Å²) in [5.74, 6) is 0.0469. The highest BCUT2D eigenvalue weighted by Gasteiger charge is 2.52. The highest BCUT2D eigenvalue weighted by molar-refractivity contribution is 7.91. The van der Waals surface area contributed by atoms with Crippen molar-refractivity contribution in [3.63, 3.8) is 0 Å². The Bertz CT molecular complexity index is 720. The molecule has 120 valence electrons. The van der Waals surface area contributed by atoms with Crippen molar-refractivity contribution in [2.45, 2.75) is 45.3 Å². The van der Waals surface area contributed by atoms with Crippen molar-refractivity contribution < 1.29 is 13.2 Å². The van der Waals surface area contributed by atoms with Gasteiger partial charge in [-0.15, -0.1) is 0 Å². The topological polar surface area (TPSA) is 66.5 Å². The van der Waals surface area contributed by atoms with Crippen LogP contribution in [0.3, 0.4) is 0 Å². The fourth-order valence-electron chi connectivity index (χ4n) is 3.60. The van der Waals surface area contributed by atoms with Gasteiger partial charge in [-0.25, -0.2) is 8.42 Å². The molecule has 1 aromatic rings. The van der Waals surface area contributed by atoms with E-state index in [1.165, 1.54) is 0 Å². The van der Waals surface area contributed by atoms with Crippen LogP contribution in [0, 0.1) is 13.8 Å². The number of hydrogen-bond acceptors (Lipinski definition) is 4. The second-order valence-electron chi connectivity index (χ2n) is 7.04. The molecule has 0 spiro atoms. The molecule has 1 N–H and O–H groups in total. The molecule has 1 amide bonds. The number of nitrogens with one attached hydrogen (secondary N) is 1. The Morgan fingerprint density at radius 1 is 1.14 bits per heavy atom. The Morgan fingerprint density at radius 2 is 1.73 bits per heavy atom. The molecule has 2 atom stereocenters. The molecule has 2 saturated heterocycles. The second kappa shape index (κ2) is 4.80. The lowest BCUT2D eigenvalue weighted by Gasteiger charge is -2.45. The first-order valence-electron chi connectivity index (χ1n) is 7.49. The maximum atomic E-state index is 12.9. The summed E-state index contributed by atoms with van der Waals surface area (Å²) in [6.07, 6.45) is 0. The third kappa shape index (κ3) is 2.54. The number of piperazine rings is 1. The minimum absolute atomic E-state index is 0.0273. The number of carbonyl (C=O) groups is 1. The Labute approximate surface area is 131 Å². The Kier molecular flexibility index (Phi) is 3.38. The van der Waals surface area contributed by atoms with E-state index >= 15 is 0 Å². The Hall–Kier alpha value is -1.40. The van der Waals surface area contributed by atoms with Crippen LogP contribution in [0.5, 0.6) is 0 Å². The largest absolute Gasteiger partial charge is 0.305 e. The predicted octanol–water partition coefficient (Wildman–Crippen LogP) is 1.18. The van der Waals surface area contributed by atoms with Crippen molar-refractivity contribution in [2.75, 3.05) is 16.4 Å². The van der Waals surface area contributed by atoms with Crippen LogP contribution in [-0.4, -0.2) is 43.5 Å². The zero-order chi connectivity index (χ0) is 16.3. The first-order chi connectivity index (χ1) is 10.1. The molecule has 5 nitrogen and oxygen atoms in total. The molecule has 22 heavy (non-hydrogen) atoms. The highest BCUT2D eigenvalue weighted by atomic mass is 32.2. The van der Waals surface area contributed by atoms with Crippen molar-refractivity contribution in [3.8, 4) is 0 Å². The zero-order valence-electron chi connectivity index (χ0n) is 13.4. The van der Waals surface area contributed by atoms with E-state index in [-0.39, 0.29) is 29.5 Å². The molecule has 1 aromatic carbocycles. The summed E-state index contributed by atoms with van der Waals surface area (Å²) in [5.41, 5.74) is 2.16. The third-order valence-electron chi connectivity index (χ3n) is 4.44. The number of aryl methyl sites for hydroxylation is 2. The molecule has 2 aliphatic heterocycles. The van der Waals surface area contributed by atoms with Crippen molar-refractivity contribution in [1.29, 1.82) is 0 Å². The van der Waals surface area contributed by atoms with Crippen molar-refractivity contribution >= 4 is 21.4 Å². The van der Waals surface area contributed by atoms with Gasteiger partial charge in [0.25, 0.3) is 0 Å². The van der Waals surface area contributed by atoms with Crippen molar-refractivity contribution in [1.82, 2.24) is 5.32 Å². The number of amides is 1. The van der Waals surface area contributed by atoms with Gasteiger partial charge >= 0.3 is 0 Å². The average Bonchev–Trinajstić information content (AvgIpc) is 2.62. The van der Waals surface area contributed by atoms with E-state index in [4.69, 9.17) is 0 Å². The summed E-state index contributed by atoms with van der Waals surface area (Å²) in [5, 5.41) is 3.22. The second-order valence-corrected chi connectivity index (χ2v) is 9.19. The summed E-state index contributed by atoms with van der Waals surface area (Å²) in [6, 6.07) is 5.41. The maximum absolute atomic E-state index is 12.9. The van der Waals surface area contributed by atoms with Gasteiger partial charge in [0.2, 0.25) is 5.91 Å². The van der Waals surface area contributed by atoms with Crippen molar-refractivity contribution in [3.05, 3.63) is 29.3 Å². The summed E-state index contributed by atoms with van der Waals surface area (Å²) in [7, 11) is -3.12. The van der Waals surface area contributed by atoms with E-state index in [0.29, 0.717) is 0 Å².